The Kier molecular flexibility index (Phi) is 4.15. The molecule has 0 N–H and O–H groups in total. The molecule has 108 valence electrons. The molecule has 1 nitrogen and oxygen atoms in total. The van der Waals surface area contributed by atoms with Gasteiger partial charge in [0.2, 0.25) is 0 Å². The number of allylic oxidation sites excluding steroid dienone is 5. The molecule has 0 aromatic heterocycles. The molecular weight excluding hydrogens is 268 g/mol. The molecule has 0 amide bonds. The lowest BCUT2D eigenvalue weighted by Crippen LogP contribution is -2.10. The second kappa shape index (κ2) is 6.40. The molecule has 0 bridgehead atoms. The van der Waals surface area contributed by atoms with Crippen LogP contribution in [0, 0.1) is 5.92 Å². The fraction of sp³-hybridized carbons (Fsp3) is 0.0952. The van der Waals surface area contributed by atoms with E-state index in [0.717, 1.165) is 22.3 Å². The van der Waals surface area contributed by atoms with Crippen molar-refractivity contribution in [1.82, 2.24) is 0 Å². The number of hydrogen-bond donors (Lipinski definition) is 0. The van der Waals surface area contributed by atoms with E-state index in [2.05, 4.69) is 30.3 Å². The van der Waals surface area contributed by atoms with E-state index in [1.165, 1.54) is 0 Å². The lowest BCUT2D eigenvalue weighted by molar-refractivity contribution is -0.118. The Hall–Kier alpha value is -2.67. The second-order valence-corrected chi connectivity index (χ2v) is 5.43. The van der Waals surface area contributed by atoms with Gasteiger partial charge in [-0.2, -0.15) is 0 Å². The number of benzene rings is 2. The van der Waals surface area contributed by atoms with Gasteiger partial charge in [-0.1, -0.05) is 78.9 Å². The third-order valence-electron chi connectivity index (χ3n) is 3.86. The molecule has 0 aliphatic heterocycles. The summed E-state index contributed by atoms with van der Waals surface area (Å²) in [6.45, 7) is 1.65. The van der Waals surface area contributed by atoms with Gasteiger partial charge in [0, 0.05) is 0 Å². The zero-order chi connectivity index (χ0) is 15.4. The zero-order valence-electron chi connectivity index (χ0n) is 12.6. The molecule has 2 aromatic rings. The van der Waals surface area contributed by atoms with Crippen LogP contribution in [-0.4, -0.2) is 5.78 Å². The average Bonchev–Trinajstić information content (AvgIpc) is 3.04. The fourth-order valence-corrected chi connectivity index (χ4v) is 2.76. The van der Waals surface area contributed by atoms with Crippen molar-refractivity contribution in [3.8, 4) is 0 Å². The van der Waals surface area contributed by atoms with Crippen molar-refractivity contribution in [1.29, 1.82) is 0 Å². The van der Waals surface area contributed by atoms with Crippen LogP contribution in [0.3, 0.4) is 0 Å². The molecule has 22 heavy (non-hydrogen) atoms. The van der Waals surface area contributed by atoms with Crippen molar-refractivity contribution in [3.63, 3.8) is 0 Å². The van der Waals surface area contributed by atoms with Crippen LogP contribution in [0.15, 0.2) is 84.5 Å². The molecule has 1 aliphatic rings. The van der Waals surface area contributed by atoms with Crippen molar-refractivity contribution in [2.45, 2.75) is 6.92 Å². The van der Waals surface area contributed by atoms with Crippen LogP contribution >= 0.6 is 0 Å². The molecule has 1 aliphatic carbocycles. The van der Waals surface area contributed by atoms with E-state index < -0.39 is 0 Å². The van der Waals surface area contributed by atoms with Gasteiger partial charge in [-0.15, -0.1) is 0 Å². The number of rotatable bonds is 4. The first-order valence-electron chi connectivity index (χ1n) is 7.47. The van der Waals surface area contributed by atoms with Crippen molar-refractivity contribution >= 4 is 17.4 Å². The molecule has 0 spiro atoms. The highest BCUT2D eigenvalue weighted by molar-refractivity contribution is 5.98. The molecule has 1 atom stereocenters. The van der Waals surface area contributed by atoms with E-state index in [-0.39, 0.29) is 11.7 Å². The van der Waals surface area contributed by atoms with E-state index in [1.807, 2.05) is 54.6 Å². The SMILES string of the molecule is CC(=O)C1C=CC=C1/C(=C/c1ccccc1)c1ccccc1. The Morgan fingerprint density at radius 1 is 0.955 bits per heavy atom. The van der Waals surface area contributed by atoms with Gasteiger partial charge in [-0.3, -0.25) is 4.79 Å². The van der Waals surface area contributed by atoms with Crippen LogP contribution in [0.5, 0.6) is 0 Å². The van der Waals surface area contributed by atoms with Crippen LogP contribution in [0.1, 0.15) is 18.1 Å². The molecule has 3 rings (SSSR count). The summed E-state index contributed by atoms with van der Waals surface area (Å²) in [4.78, 5) is 11.9. The summed E-state index contributed by atoms with van der Waals surface area (Å²) in [5, 5.41) is 0. The smallest absolute Gasteiger partial charge is 0.141 e. The highest BCUT2D eigenvalue weighted by Gasteiger charge is 2.23. The lowest BCUT2D eigenvalue weighted by Gasteiger charge is -2.15. The molecule has 0 fully saturated rings. The minimum absolute atomic E-state index is 0.143. The van der Waals surface area contributed by atoms with Gasteiger partial charge >= 0.3 is 0 Å². The standard InChI is InChI=1S/C21H18O/c1-16(22)19-13-8-14-20(19)21(18-11-6-3-7-12-18)15-17-9-4-2-5-10-17/h2-15,19H,1H3/b21-15+. The maximum absolute atomic E-state index is 11.9. The Bertz CT molecular complexity index is 749. The average molecular weight is 286 g/mol. The van der Waals surface area contributed by atoms with Gasteiger partial charge in [0.25, 0.3) is 0 Å². The molecule has 0 heterocycles. The van der Waals surface area contributed by atoms with Crippen LogP contribution in [0.2, 0.25) is 0 Å². The van der Waals surface area contributed by atoms with Gasteiger partial charge in [0.05, 0.1) is 5.92 Å². The van der Waals surface area contributed by atoms with Gasteiger partial charge < -0.3 is 0 Å². The summed E-state index contributed by atoms with van der Waals surface area (Å²) in [6, 6.07) is 20.5. The van der Waals surface area contributed by atoms with Crippen LogP contribution in [0.4, 0.5) is 0 Å². The summed E-state index contributed by atoms with van der Waals surface area (Å²) in [7, 11) is 0. The van der Waals surface area contributed by atoms with Crippen LogP contribution in [0.25, 0.3) is 11.6 Å². The third-order valence-corrected chi connectivity index (χ3v) is 3.86. The lowest BCUT2D eigenvalue weighted by atomic mass is 9.87. The predicted octanol–water partition coefficient (Wildman–Crippen LogP) is 4.93. The van der Waals surface area contributed by atoms with Gasteiger partial charge in [0.1, 0.15) is 5.78 Å². The first kappa shape index (κ1) is 14.3. The number of hydrogen-bond acceptors (Lipinski definition) is 1. The van der Waals surface area contributed by atoms with Gasteiger partial charge in [-0.05, 0) is 35.3 Å². The van der Waals surface area contributed by atoms with Crippen molar-refractivity contribution in [2.75, 3.05) is 0 Å². The molecule has 0 saturated heterocycles. The number of Topliss-reactive ketones (excluding diaryl/α,β-unsaturated/α-hetero) is 1. The summed E-state index contributed by atoms with van der Waals surface area (Å²) in [6.07, 6.45) is 8.15. The molecule has 0 radical (unpaired) electrons. The van der Waals surface area contributed by atoms with E-state index >= 15 is 0 Å². The van der Waals surface area contributed by atoms with Gasteiger partial charge in [-0.25, -0.2) is 0 Å². The summed E-state index contributed by atoms with van der Waals surface area (Å²) >= 11 is 0. The van der Waals surface area contributed by atoms with Crippen molar-refractivity contribution in [3.05, 3.63) is 95.6 Å². The first-order chi connectivity index (χ1) is 10.8. The Labute approximate surface area is 131 Å². The van der Waals surface area contributed by atoms with Crippen LogP contribution < -0.4 is 0 Å². The third kappa shape index (κ3) is 2.99. The first-order valence-corrected chi connectivity index (χ1v) is 7.47. The molecule has 1 heteroatoms. The Morgan fingerprint density at radius 2 is 1.59 bits per heavy atom. The fourth-order valence-electron chi connectivity index (χ4n) is 2.76. The maximum Gasteiger partial charge on any atom is 0.141 e. The number of carbonyl (C=O) groups is 1. The number of carbonyl (C=O) groups excluding carboxylic acids is 1. The largest absolute Gasteiger partial charge is 0.299 e. The maximum atomic E-state index is 11.9. The Morgan fingerprint density at radius 3 is 2.23 bits per heavy atom. The molecule has 2 aromatic carbocycles. The quantitative estimate of drug-likeness (QED) is 0.728. The van der Waals surface area contributed by atoms with Crippen molar-refractivity contribution < 1.29 is 4.79 Å². The molecule has 0 saturated carbocycles. The van der Waals surface area contributed by atoms with Crippen molar-refractivity contribution in [2.24, 2.45) is 5.92 Å². The minimum atomic E-state index is -0.143. The van der Waals surface area contributed by atoms with Gasteiger partial charge in [0.15, 0.2) is 0 Å². The Balaban J connectivity index is 2.09. The highest BCUT2D eigenvalue weighted by atomic mass is 16.1. The minimum Gasteiger partial charge on any atom is -0.299 e. The van der Waals surface area contributed by atoms with E-state index in [9.17, 15) is 4.79 Å². The predicted molar refractivity (Wildman–Crippen MR) is 92.1 cm³/mol. The topological polar surface area (TPSA) is 17.1 Å². The van der Waals surface area contributed by atoms with E-state index in [1.54, 1.807) is 6.92 Å². The molecule has 1 unspecified atom stereocenters. The summed E-state index contributed by atoms with van der Waals surface area (Å²) in [5.41, 5.74) is 4.45. The summed E-state index contributed by atoms with van der Waals surface area (Å²) in [5.74, 6) is 0.0325. The normalized spacial score (nSPS) is 17.4. The zero-order valence-corrected chi connectivity index (χ0v) is 12.6. The number of ketones is 1. The highest BCUT2D eigenvalue weighted by Crippen LogP contribution is 2.34. The monoisotopic (exact) mass is 286 g/mol. The summed E-state index contributed by atoms with van der Waals surface area (Å²) < 4.78 is 0. The van der Waals surface area contributed by atoms with Crippen LogP contribution in [-0.2, 0) is 4.79 Å². The van der Waals surface area contributed by atoms with E-state index in [4.69, 9.17) is 0 Å². The molecular formula is C21H18O. The second-order valence-electron chi connectivity index (χ2n) is 5.43. The van der Waals surface area contributed by atoms with E-state index in [0.29, 0.717) is 0 Å².